The van der Waals surface area contributed by atoms with Crippen LogP contribution in [-0.4, -0.2) is 13.5 Å². The lowest BCUT2D eigenvalue weighted by Gasteiger charge is -2.19. The van der Waals surface area contributed by atoms with E-state index in [1.807, 2.05) is 6.07 Å². The van der Waals surface area contributed by atoms with E-state index in [2.05, 4.69) is 25.5 Å². The van der Waals surface area contributed by atoms with Crippen LogP contribution >= 0.6 is 0 Å². The number of rotatable bonds is 3. The van der Waals surface area contributed by atoms with Crippen LogP contribution in [-0.2, 0) is 16.6 Å². The van der Waals surface area contributed by atoms with Gasteiger partial charge < -0.3 is 5.11 Å². The molecular formula is C14H20N2O3S. The number of aryl methyl sites for hydroxylation is 1. The van der Waals surface area contributed by atoms with Gasteiger partial charge in [0.2, 0.25) is 0 Å². The Morgan fingerprint density at radius 3 is 2.50 bits per heavy atom. The molecular weight excluding hydrogens is 276 g/mol. The van der Waals surface area contributed by atoms with Crippen LogP contribution in [0.15, 0.2) is 30.6 Å². The average Bonchev–Trinajstić information content (AvgIpc) is 2.66. The summed E-state index contributed by atoms with van der Waals surface area (Å²) < 4.78 is 26.7. The second-order valence-corrected chi connectivity index (χ2v) is 7.70. The lowest BCUT2D eigenvalue weighted by Crippen LogP contribution is -2.28. The summed E-state index contributed by atoms with van der Waals surface area (Å²) in [4.78, 5) is 0. The van der Waals surface area contributed by atoms with Crippen LogP contribution in [0, 0.1) is 5.41 Å². The Morgan fingerprint density at radius 2 is 2.00 bits per heavy atom. The maximum atomic E-state index is 11.7. The van der Waals surface area contributed by atoms with E-state index < -0.39 is 10.2 Å². The van der Waals surface area contributed by atoms with Gasteiger partial charge >= 0.3 is 10.2 Å². The molecule has 0 atom stereocenters. The van der Waals surface area contributed by atoms with Gasteiger partial charge in [-0.2, -0.15) is 8.42 Å². The Morgan fingerprint density at radius 1 is 1.30 bits per heavy atom. The van der Waals surface area contributed by atoms with Crippen molar-refractivity contribution in [3.05, 3.63) is 36.2 Å². The molecule has 2 N–H and O–H groups in total. The first-order valence-electron chi connectivity index (χ1n) is 6.49. The minimum atomic E-state index is -3.60. The first-order valence-corrected chi connectivity index (χ1v) is 7.93. The van der Waals surface area contributed by atoms with Crippen LogP contribution in [0.5, 0.6) is 5.75 Å². The molecule has 0 radical (unpaired) electrons. The zero-order valence-corrected chi connectivity index (χ0v) is 12.7. The van der Waals surface area contributed by atoms with Gasteiger partial charge in [0, 0.05) is 12.4 Å². The Bertz CT molecular complexity index is 630. The highest BCUT2D eigenvalue weighted by molar-refractivity contribution is 7.91. The van der Waals surface area contributed by atoms with Gasteiger partial charge in [-0.3, -0.25) is 4.72 Å². The van der Waals surface area contributed by atoms with Crippen molar-refractivity contribution in [2.75, 3.05) is 4.31 Å². The molecule has 1 heterocycles. The number of nitrogens with zero attached hydrogens (tertiary/aromatic N) is 1. The van der Waals surface area contributed by atoms with Crippen LogP contribution < -0.4 is 9.03 Å². The summed E-state index contributed by atoms with van der Waals surface area (Å²) >= 11 is 0. The molecule has 0 spiro atoms. The van der Waals surface area contributed by atoms with Crippen molar-refractivity contribution < 1.29 is 13.5 Å². The van der Waals surface area contributed by atoms with Gasteiger partial charge in [0.25, 0.3) is 0 Å². The number of nitrogens with one attached hydrogen (secondary N) is 1. The number of hydrogen-bond donors (Lipinski definition) is 2. The van der Waals surface area contributed by atoms with Crippen LogP contribution in [0.2, 0.25) is 0 Å². The predicted octanol–water partition coefficient (Wildman–Crippen LogP) is 2.50. The molecule has 0 fully saturated rings. The zero-order valence-electron chi connectivity index (χ0n) is 11.9. The molecule has 5 nitrogen and oxygen atoms in total. The Hall–Kier alpha value is -1.69. The van der Waals surface area contributed by atoms with Gasteiger partial charge in [-0.05, 0) is 36.0 Å². The van der Waals surface area contributed by atoms with Crippen molar-refractivity contribution in [2.45, 2.75) is 33.6 Å². The van der Waals surface area contributed by atoms with E-state index in [0.29, 0.717) is 0 Å². The average molecular weight is 296 g/mol. The molecule has 6 heteroatoms. The van der Waals surface area contributed by atoms with E-state index in [4.69, 9.17) is 0 Å². The van der Waals surface area contributed by atoms with E-state index in [1.54, 1.807) is 12.1 Å². The summed E-state index contributed by atoms with van der Waals surface area (Å²) in [6.07, 6.45) is 4.54. The van der Waals surface area contributed by atoms with Crippen molar-refractivity contribution in [1.29, 1.82) is 0 Å². The van der Waals surface area contributed by atoms with E-state index >= 15 is 0 Å². The third-order valence-corrected chi connectivity index (χ3v) is 4.40. The molecule has 20 heavy (non-hydrogen) atoms. The fourth-order valence-electron chi connectivity index (χ4n) is 1.96. The van der Waals surface area contributed by atoms with Crippen molar-refractivity contribution >= 4 is 15.9 Å². The second kappa shape index (κ2) is 5.01. The highest BCUT2D eigenvalue weighted by Crippen LogP contribution is 2.32. The summed E-state index contributed by atoms with van der Waals surface area (Å²) in [5, 5.41) is 10.0. The van der Waals surface area contributed by atoms with Gasteiger partial charge in [-0.15, -0.1) is 0 Å². The maximum Gasteiger partial charge on any atom is 0.327 e. The first-order chi connectivity index (χ1) is 9.19. The SMILES string of the molecule is CC(C)(C)CCc1ccc(N2C=CNS2(=O)=O)c(O)c1. The quantitative estimate of drug-likeness (QED) is 0.900. The van der Waals surface area contributed by atoms with Gasteiger partial charge in [0.15, 0.2) is 0 Å². The Balaban J connectivity index is 2.21. The van der Waals surface area contributed by atoms with E-state index in [0.717, 1.165) is 22.7 Å². The fraction of sp³-hybridized carbons (Fsp3) is 0.429. The topological polar surface area (TPSA) is 69.6 Å². The van der Waals surface area contributed by atoms with Gasteiger partial charge in [-0.25, -0.2) is 4.31 Å². The molecule has 1 aliphatic rings. The minimum absolute atomic E-state index is 0.0339. The normalized spacial score (nSPS) is 17.2. The number of phenols is 1. The van der Waals surface area contributed by atoms with Crippen molar-refractivity contribution in [2.24, 2.45) is 5.41 Å². The number of anilines is 1. The highest BCUT2D eigenvalue weighted by Gasteiger charge is 2.25. The molecule has 0 aliphatic carbocycles. The second-order valence-electron chi connectivity index (χ2n) is 6.12. The predicted molar refractivity (Wildman–Crippen MR) is 79.6 cm³/mol. The molecule has 0 saturated carbocycles. The summed E-state index contributed by atoms with van der Waals surface area (Å²) in [7, 11) is -3.60. The Kier molecular flexibility index (Phi) is 3.69. The Labute approximate surface area is 120 Å². The molecule has 1 aromatic carbocycles. The third kappa shape index (κ3) is 3.25. The third-order valence-electron chi connectivity index (χ3n) is 3.13. The van der Waals surface area contributed by atoms with Crippen LogP contribution in [0.25, 0.3) is 0 Å². The molecule has 1 aliphatic heterocycles. The lowest BCUT2D eigenvalue weighted by molar-refractivity contribution is 0.377. The number of hydrogen-bond acceptors (Lipinski definition) is 3. The van der Waals surface area contributed by atoms with Crippen molar-refractivity contribution in [3.63, 3.8) is 0 Å². The molecule has 110 valence electrons. The lowest BCUT2D eigenvalue weighted by atomic mass is 9.88. The van der Waals surface area contributed by atoms with Crippen LogP contribution in [0.3, 0.4) is 0 Å². The number of aromatic hydroxyl groups is 1. The molecule has 0 bridgehead atoms. The fourth-order valence-corrected chi connectivity index (χ4v) is 2.94. The molecule has 1 aromatic rings. The summed E-state index contributed by atoms with van der Waals surface area (Å²) in [6, 6.07) is 5.10. The number of phenolic OH excluding ortho intramolecular Hbond substituents is 1. The monoisotopic (exact) mass is 296 g/mol. The molecule has 0 unspecified atom stereocenters. The zero-order chi connectivity index (χ0) is 15.0. The smallest absolute Gasteiger partial charge is 0.327 e. The summed E-state index contributed by atoms with van der Waals surface area (Å²) in [5.74, 6) is -0.0339. The standard InChI is InChI=1S/C14H20N2O3S/c1-14(2,3)7-6-11-4-5-12(13(17)10-11)16-9-8-15-20(16,18)19/h4-5,8-10,15,17H,6-7H2,1-3H3. The van der Waals surface area contributed by atoms with Gasteiger partial charge in [-0.1, -0.05) is 26.8 Å². The van der Waals surface area contributed by atoms with Crippen molar-refractivity contribution in [3.8, 4) is 5.75 Å². The van der Waals surface area contributed by atoms with Crippen molar-refractivity contribution in [1.82, 2.24) is 4.72 Å². The molecule has 0 aromatic heterocycles. The number of benzene rings is 1. The molecule has 0 amide bonds. The van der Waals surface area contributed by atoms with Gasteiger partial charge in [0.1, 0.15) is 5.75 Å². The van der Waals surface area contributed by atoms with E-state index in [9.17, 15) is 13.5 Å². The maximum absolute atomic E-state index is 11.7. The first kappa shape index (κ1) is 14.7. The molecule has 0 saturated heterocycles. The van der Waals surface area contributed by atoms with E-state index in [-0.39, 0.29) is 16.9 Å². The highest BCUT2D eigenvalue weighted by atomic mass is 32.2. The van der Waals surface area contributed by atoms with Crippen LogP contribution in [0.4, 0.5) is 5.69 Å². The minimum Gasteiger partial charge on any atom is -0.506 e. The van der Waals surface area contributed by atoms with Crippen LogP contribution in [0.1, 0.15) is 32.8 Å². The largest absolute Gasteiger partial charge is 0.506 e. The van der Waals surface area contributed by atoms with Gasteiger partial charge in [0.05, 0.1) is 5.69 Å². The molecule has 2 rings (SSSR count). The summed E-state index contributed by atoms with van der Waals surface area (Å²) in [6.45, 7) is 6.48. The van der Waals surface area contributed by atoms with E-state index in [1.165, 1.54) is 12.4 Å². The summed E-state index contributed by atoms with van der Waals surface area (Å²) in [5.41, 5.74) is 1.47.